The molecule has 2 N–H and O–H groups in total. The zero-order valence-corrected chi connectivity index (χ0v) is 12.7. The van der Waals surface area contributed by atoms with E-state index in [1.54, 1.807) is 30.6 Å². The second kappa shape index (κ2) is 6.04. The van der Waals surface area contributed by atoms with Crippen LogP contribution in [0.1, 0.15) is 11.1 Å². The van der Waals surface area contributed by atoms with E-state index in [2.05, 4.69) is 33.6 Å². The van der Waals surface area contributed by atoms with Gasteiger partial charge in [0.1, 0.15) is 6.07 Å². The normalized spacial score (nSPS) is 11.6. The second-order valence-corrected chi connectivity index (χ2v) is 5.34. The van der Waals surface area contributed by atoms with Crippen molar-refractivity contribution in [2.24, 2.45) is 5.73 Å². The van der Waals surface area contributed by atoms with E-state index in [9.17, 15) is 5.26 Å². The summed E-state index contributed by atoms with van der Waals surface area (Å²) < 4.78 is 0.940. The topological polar surface area (TPSA) is 62.7 Å². The first-order valence-corrected chi connectivity index (χ1v) is 6.85. The van der Waals surface area contributed by atoms with Crippen LogP contribution >= 0.6 is 34.2 Å². The minimum atomic E-state index is 0.394. The van der Waals surface area contributed by atoms with Crippen molar-refractivity contribution in [2.45, 2.75) is 0 Å². The molecule has 0 aliphatic carbocycles. The Bertz CT molecular complexity index is 675. The summed E-state index contributed by atoms with van der Waals surface area (Å²) >= 11 is 8.21. The molecule has 0 atom stereocenters. The molecule has 0 fully saturated rings. The maximum absolute atomic E-state index is 9.28. The van der Waals surface area contributed by atoms with E-state index in [-0.39, 0.29) is 0 Å². The zero-order chi connectivity index (χ0) is 13.8. The molecular weight excluding hydrogens is 373 g/mol. The molecule has 2 aromatic rings. The number of hydrogen-bond donors (Lipinski definition) is 1. The first kappa shape index (κ1) is 13.8. The number of nitrogens with zero attached hydrogens (tertiary/aromatic N) is 2. The van der Waals surface area contributed by atoms with E-state index in [0.29, 0.717) is 21.9 Å². The minimum absolute atomic E-state index is 0.394. The maximum Gasteiger partial charge on any atom is 0.102 e. The molecule has 94 valence electrons. The van der Waals surface area contributed by atoms with Crippen LogP contribution in [0.3, 0.4) is 0 Å². The smallest absolute Gasteiger partial charge is 0.102 e. The van der Waals surface area contributed by atoms with Crippen molar-refractivity contribution in [3.63, 3.8) is 0 Å². The highest BCUT2D eigenvalue weighted by molar-refractivity contribution is 14.1. The third-order valence-electron chi connectivity index (χ3n) is 2.56. The Morgan fingerprint density at radius 2 is 2.11 bits per heavy atom. The van der Waals surface area contributed by atoms with Gasteiger partial charge in [-0.15, -0.1) is 0 Å². The first-order chi connectivity index (χ1) is 9.13. The van der Waals surface area contributed by atoms with Crippen LogP contribution in [-0.4, -0.2) is 4.98 Å². The number of nitriles is 1. The lowest BCUT2D eigenvalue weighted by molar-refractivity contribution is 1.31. The quantitative estimate of drug-likeness (QED) is 0.637. The number of allylic oxidation sites excluding steroid dienone is 1. The van der Waals surface area contributed by atoms with Crippen molar-refractivity contribution in [2.75, 3.05) is 0 Å². The highest BCUT2D eigenvalue weighted by Crippen LogP contribution is 2.26. The van der Waals surface area contributed by atoms with Gasteiger partial charge in [0.2, 0.25) is 0 Å². The second-order valence-electron chi connectivity index (χ2n) is 3.77. The monoisotopic (exact) mass is 381 g/mol. The number of rotatable bonds is 2. The van der Waals surface area contributed by atoms with Crippen LogP contribution in [0.5, 0.6) is 0 Å². The van der Waals surface area contributed by atoms with Crippen molar-refractivity contribution in [1.29, 1.82) is 5.26 Å². The van der Waals surface area contributed by atoms with Gasteiger partial charge in [-0.3, -0.25) is 4.98 Å². The van der Waals surface area contributed by atoms with E-state index in [1.807, 2.05) is 12.1 Å². The summed E-state index contributed by atoms with van der Waals surface area (Å²) in [6, 6.07) is 11.1. The van der Waals surface area contributed by atoms with Gasteiger partial charge in [-0.1, -0.05) is 23.7 Å². The molecule has 1 heterocycles. The van der Waals surface area contributed by atoms with Gasteiger partial charge in [0.25, 0.3) is 0 Å². The number of pyridine rings is 1. The molecule has 3 nitrogen and oxygen atoms in total. The average Bonchev–Trinajstić information content (AvgIpc) is 2.44. The van der Waals surface area contributed by atoms with Crippen molar-refractivity contribution in [3.8, 4) is 6.07 Å². The van der Waals surface area contributed by atoms with Crippen molar-refractivity contribution < 1.29 is 0 Å². The Labute approximate surface area is 129 Å². The van der Waals surface area contributed by atoms with Crippen molar-refractivity contribution >= 4 is 45.5 Å². The Morgan fingerprint density at radius 1 is 1.32 bits per heavy atom. The highest BCUT2D eigenvalue weighted by Gasteiger charge is 2.09. The molecule has 1 aromatic heterocycles. The summed E-state index contributed by atoms with van der Waals surface area (Å²) in [5, 5.41) is 9.90. The Balaban J connectivity index is 2.56. The molecule has 0 radical (unpaired) electrons. The molecule has 19 heavy (non-hydrogen) atoms. The van der Waals surface area contributed by atoms with Gasteiger partial charge in [0.15, 0.2) is 0 Å². The van der Waals surface area contributed by atoms with E-state index in [1.165, 1.54) is 0 Å². The van der Waals surface area contributed by atoms with E-state index >= 15 is 0 Å². The molecule has 0 saturated heterocycles. The number of hydrogen-bond acceptors (Lipinski definition) is 3. The number of halogens is 2. The fourth-order valence-electron chi connectivity index (χ4n) is 1.60. The van der Waals surface area contributed by atoms with Crippen LogP contribution in [0.2, 0.25) is 5.02 Å². The Morgan fingerprint density at radius 3 is 2.68 bits per heavy atom. The lowest BCUT2D eigenvalue weighted by Gasteiger charge is -2.07. The Hall–Kier alpha value is -1.58. The SMILES string of the molecule is N#C/C(=C(/N)c1ccc(I)c(Cl)c1)c1cccnc1. The van der Waals surface area contributed by atoms with Crippen LogP contribution in [0, 0.1) is 14.9 Å². The minimum Gasteiger partial charge on any atom is -0.397 e. The molecule has 2 rings (SSSR count). The molecule has 0 aliphatic rings. The average molecular weight is 382 g/mol. The summed E-state index contributed by atoms with van der Waals surface area (Å²) in [5.41, 5.74) is 8.28. The molecule has 5 heteroatoms. The van der Waals surface area contributed by atoms with Crippen molar-refractivity contribution in [1.82, 2.24) is 4.98 Å². The van der Waals surface area contributed by atoms with Gasteiger partial charge in [0.05, 0.1) is 16.3 Å². The predicted octanol–water partition coefficient (Wildman–Crippen LogP) is 3.69. The van der Waals surface area contributed by atoms with Crippen LogP contribution in [0.25, 0.3) is 11.3 Å². The predicted molar refractivity (Wildman–Crippen MR) is 85.0 cm³/mol. The van der Waals surface area contributed by atoms with E-state index < -0.39 is 0 Å². The fourth-order valence-corrected chi connectivity index (χ4v) is 2.11. The van der Waals surface area contributed by atoms with Crippen LogP contribution in [-0.2, 0) is 0 Å². The van der Waals surface area contributed by atoms with Crippen LogP contribution in [0.15, 0.2) is 42.7 Å². The van der Waals surface area contributed by atoms with Gasteiger partial charge in [-0.2, -0.15) is 5.26 Å². The molecule has 0 saturated carbocycles. The van der Waals surface area contributed by atoms with Gasteiger partial charge < -0.3 is 5.73 Å². The molecule has 0 amide bonds. The molecule has 1 aromatic carbocycles. The maximum atomic E-state index is 9.28. The lowest BCUT2D eigenvalue weighted by atomic mass is 10.0. The van der Waals surface area contributed by atoms with Crippen molar-refractivity contribution in [3.05, 3.63) is 62.4 Å². The van der Waals surface area contributed by atoms with Gasteiger partial charge in [-0.05, 0) is 40.8 Å². The van der Waals surface area contributed by atoms with Gasteiger partial charge >= 0.3 is 0 Å². The molecule has 0 bridgehead atoms. The highest BCUT2D eigenvalue weighted by atomic mass is 127. The zero-order valence-electron chi connectivity index (χ0n) is 9.77. The van der Waals surface area contributed by atoms with Gasteiger partial charge in [-0.25, -0.2) is 0 Å². The standard InChI is InChI=1S/C14H9ClIN3/c15-12-6-9(3-4-13(12)16)14(18)11(7-17)10-2-1-5-19-8-10/h1-6,8H,18H2/b14-11-. The summed E-state index contributed by atoms with van der Waals surface area (Å²) in [6.45, 7) is 0. The fraction of sp³-hybridized carbons (Fsp3) is 0. The molecule has 0 unspecified atom stereocenters. The number of aromatic nitrogens is 1. The van der Waals surface area contributed by atoms with Crippen LogP contribution in [0.4, 0.5) is 0 Å². The summed E-state index contributed by atoms with van der Waals surface area (Å²) in [4.78, 5) is 3.99. The number of nitrogens with two attached hydrogens (primary N) is 1. The summed E-state index contributed by atoms with van der Waals surface area (Å²) in [5.74, 6) is 0. The third kappa shape index (κ3) is 3.06. The summed E-state index contributed by atoms with van der Waals surface area (Å²) in [6.07, 6.45) is 3.26. The molecule has 0 aliphatic heterocycles. The molecular formula is C14H9ClIN3. The third-order valence-corrected chi connectivity index (χ3v) is 4.13. The van der Waals surface area contributed by atoms with E-state index in [0.717, 1.165) is 9.13 Å². The summed E-state index contributed by atoms with van der Waals surface area (Å²) in [7, 11) is 0. The number of benzene rings is 1. The van der Waals surface area contributed by atoms with Crippen LogP contribution < -0.4 is 5.73 Å². The van der Waals surface area contributed by atoms with E-state index in [4.69, 9.17) is 17.3 Å². The Kier molecular flexibility index (Phi) is 4.40. The first-order valence-electron chi connectivity index (χ1n) is 5.39. The lowest BCUT2D eigenvalue weighted by Crippen LogP contribution is -2.01. The molecule has 0 spiro atoms. The van der Waals surface area contributed by atoms with Gasteiger partial charge in [0, 0.05) is 27.1 Å². The largest absolute Gasteiger partial charge is 0.397 e.